The van der Waals surface area contributed by atoms with Crippen LogP contribution in [0.3, 0.4) is 0 Å². The summed E-state index contributed by atoms with van der Waals surface area (Å²) in [5.74, 6) is -1.46. The van der Waals surface area contributed by atoms with Crippen LogP contribution in [0.15, 0.2) is 18.2 Å². The smallest absolute Gasteiger partial charge is 0.419 e. The number of amides is 3. The molecule has 6 nitrogen and oxygen atoms in total. The number of halogens is 4. The maximum absolute atomic E-state index is 13.5. The first-order chi connectivity index (χ1) is 12.2. The van der Waals surface area contributed by atoms with Crippen LogP contribution in [0.5, 0.6) is 0 Å². The molecule has 3 amide bonds. The summed E-state index contributed by atoms with van der Waals surface area (Å²) in [6, 6.07) is 1.31. The second kappa shape index (κ2) is 8.24. The molecule has 0 bridgehead atoms. The summed E-state index contributed by atoms with van der Waals surface area (Å²) < 4.78 is 55.9. The Morgan fingerprint density at radius 3 is 2.46 bits per heavy atom. The average molecular weight is 377 g/mol. The Bertz CT molecular complexity index is 659. The summed E-state index contributed by atoms with van der Waals surface area (Å²) in [5.41, 5.74) is -1.48. The minimum absolute atomic E-state index is 0.0861. The zero-order valence-corrected chi connectivity index (χ0v) is 14.0. The van der Waals surface area contributed by atoms with Crippen LogP contribution in [0.25, 0.3) is 0 Å². The van der Waals surface area contributed by atoms with Gasteiger partial charge in [-0.05, 0) is 38.0 Å². The molecule has 0 saturated carbocycles. The highest BCUT2D eigenvalue weighted by atomic mass is 19.4. The summed E-state index contributed by atoms with van der Waals surface area (Å²) in [6.45, 7) is 2.82. The number of alkyl halides is 3. The molecule has 26 heavy (non-hydrogen) atoms. The molecule has 0 atom stereocenters. The van der Waals surface area contributed by atoms with E-state index in [1.54, 1.807) is 6.92 Å². The second-order valence-electron chi connectivity index (χ2n) is 5.75. The molecule has 1 fully saturated rings. The number of nitrogens with zero attached hydrogens (tertiary/aromatic N) is 1. The Labute approximate surface area is 147 Å². The van der Waals surface area contributed by atoms with Gasteiger partial charge in [0.25, 0.3) is 0 Å². The topological polar surface area (TPSA) is 70.7 Å². The third kappa shape index (κ3) is 5.24. The van der Waals surface area contributed by atoms with E-state index in [0.29, 0.717) is 38.1 Å². The summed E-state index contributed by atoms with van der Waals surface area (Å²) in [6.07, 6.45) is -4.19. The summed E-state index contributed by atoms with van der Waals surface area (Å²) >= 11 is 0. The van der Waals surface area contributed by atoms with Crippen LogP contribution in [-0.2, 0) is 10.9 Å². The molecule has 1 aromatic rings. The van der Waals surface area contributed by atoms with E-state index in [1.165, 1.54) is 4.90 Å². The van der Waals surface area contributed by atoms with Gasteiger partial charge in [-0.2, -0.15) is 13.2 Å². The highest BCUT2D eigenvalue weighted by molar-refractivity contribution is 5.89. The van der Waals surface area contributed by atoms with Crippen molar-refractivity contribution in [1.82, 2.24) is 10.2 Å². The van der Waals surface area contributed by atoms with E-state index in [0.717, 1.165) is 6.07 Å². The molecular formula is C16H19F4N3O3. The lowest BCUT2D eigenvalue weighted by Crippen LogP contribution is -2.47. The van der Waals surface area contributed by atoms with Crippen LogP contribution < -0.4 is 10.6 Å². The molecule has 1 heterocycles. The molecule has 1 saturated heterocycles. The van der Waals surface area contributed by atoms with Crippen molar-refractivity contribution in [2.24, 2.45) is 0 Å². The van der Waals surface area contributed by atoms with E-state index in [4.69, 9.17) is 4.74 Å². The number of hydrogen-bond donors (Lipinski definition) is 2. The maximum atomic E-state index is 13.5. The van der Waals surface area contributed by atoms with Gasteiger partial charge in [0.15, 0.2) is 0 Å². The predicted molar refractivity (Wildman–Crippen MR) is 85.2 cm³/mol. The number of hydrogen-bond acceptors (Lipinski definition) is 3. The van der Waals surface area contributed by atoms with E-state index >= 15 is 0 Å². The van der Waals surface area contributed by atoms with Crippen molar-refractivity contribution in [3.63, 3.8) is 0 Å². The molecule has 0 radical (unpaired) electrons. The number of ether oxygens (including phenoxy) is 1. The molecule has 0 aromatic heterocycles. The molecule has 1 aromatic carbocycles. The molecular weight excluding hydrogens is 358 g/mol. The number of likely N-dealkylation sites (tertiary alicyclic amines) is 1. The third-order valence-corrected chi connectivity index (χ3v) is 3.89. The molecule has 1 aliphatic heterocycles. The van der Waals surface area contributed by atoms with Crippen LogP contribution in [0.1, 0.15) is 25.3 Å². The lowest BCUT2D eigenvalue weighted by molar-refractivity contribution is -0.139. The first-order valence-electron chi connectivity index (χ1n) is 8.06. The zero-order valence-electron chi connectivity index (χ0n) is 14.0. The Morgan fingerprint density at radius 1 is 1.27 bits per heavy atom. The van der Waals surface area contributed by atoms with Gasteiger partial charge < -0.3 is 20.3 Å². The van der Waals surface area contributed by atoms with Gasteiger partial charge in [0, 0.05) is 24.8 Å². The second-order valence-corrected chi connectivity index (χ2v) is 5.75. The van der Waals surface area contributed by atoms with Crippen LogP contribution in [0.2, 0.25) is 0 Å². The van der Waals surface area contributed by atoms with E-state index in [2.05, 4.69) is 10.6 Å². The molecule has 0 unspecified atom stereocenters. The Morgan fingerprint density at radius 2 is 1.92 bits per heavy atom. The Hall–Kier alpha value is -2.52. The Balaban J connectivity index is 1.84. The molecule has 2 N–H and O–H groups in total. The van der Waals surface area contributed by atoms with E-state index in [9.17, 15) is 27.2 Å². The van der Waals surface area contributed by atoms with Gasteiger partial charge in [-0.1, -0.05) is 0 Å². The van der Waals surface area contributed by atoms with Crippen LogP contribution >= 0.6 is 0 Å². The fourth-order valence-corrected chi connectivity index (χ4v) is 2.60. The normalized spacial score (nSPS) is 15.5. The minimum atomic E-state index is -4.79. The average Bonchev–Trinajstić information content (AvgIpc) is 2.54. The minimum Gasteiger partial charge on any atom is -0.450 e. The van der Waals surface area contributed by atoms with Crippen molar-refractivity contribution < 1.29 is 31.9 Å². The molecule has 2 rings (SSSR count). The van der Waals surface area contributed by atoms with E-state index in [1.807, 2.05) is 0 Å². The van der Waals surface area contributed by atoms with Crippen LogP contribution in [0, 0.1) is 5.82 Å². The van der Waals surface area contributed by atoms with Crippen molar-refractivity contribution in [3.05, 3.63) is 29.6 Å². The van der Waals surface area contributed by atoms with E-state index < -0.39 is 29.7 Å². The monoisotopic (exact) mass is 377 g/mol. The Kier molecular flexibility index (Phi) is 6.27. The number of piperidine rings is 1. The molecule has 0 aliphatic carbocycles. The van der Waals surface area contributed by atoms with Gasteiger partial charge in [-0.15, -0.1) is 0 Å². The SMILES string of the molecule is CCOC(=O)N1CCC(NC(=O)Nc2ccc(C(F)(F)F)c(F)c2)CC1. The summed E-state index contributed by atoms with van der Waals surface area (Å²) in [7, 11) is 0. The summed E-state index contributed by atoms with van der Waals surface area (Å²) in [5, 5.41) is 4.95. The highest BCUT2D eigenvalue weighted by Gasteiger charge is 2.34. The standard InChI is InChI=1S/C16H19F4N3O3/c1-2-26-15(25)23-7-5-10(6-8-23)21-14(24)22-11-3-4-12(13(17)9-11)16(18,19)20/h3-4,9-10H,2,5-8H2,1H3,(H2,21,22,24). The van der Waals surface area contributed by atoms with Crippen molar-refractivity contribution in [2.75, 3.05) is 25.0 Å². The van der Waals surface area contributed by atoms with Crippen LogP contribution in [0.4, 0.5) is 32.8 Å². The van der Waals surface area contributed by atoms with Gasteiger partial charge >= 0.3 is 18.3 Å². The summed E-state index contributed by atoms with van der Waals surface area (Å²) in [4.78, 5) is 25.0. The number of carbonyl (C=O) groups is 2. The fourth-order valence-electron chi connectivity index (χ4n) is 2.60. The molecule has 144 valence electrons. The molecule has 1 aliphatic rings. The largest absolute Gasteiger partial charge is 0.450 e. The number of benzene rings is 1. The van der Waals surface area contributed by atoms with Gasteiger partial charge in [-0.25, -0.2) is 14.0 Å². The van der Waals surface area contributed by atoms with Gasteiger partial charge in [-0.3, -0.25) is 0 Å². The van der Waals surface area contributed by atoms with Crippen molar-refractivity contribution in [2.45, 2.75) is 32.0 Å². The van der Waals surface area contributed by atoms with Crippen molar-refractivity contribution in [3.8, 4) is 0 Å². The maximum Gasteiger partial charge on any atom is 0.419 e. The lowest BCUT2D eigenvalue weighted by atomic mass is 10.1. The molecule has 10 heteroatoms. The number of urea groups is 1. The quantitative estimate of drug-likeness (QED) is 0.791. The number of rotatable bonds is 3. The lowest BCUT2D eigenvalue weighted by Gasteiger charge is -2.31. The number of nitrogens with one attached hydrogen (secondary N) is 2. The van der Waals surface area contributed by atoms with Gasteiger partial charge in [0.05, 0.1) is 12.2 Å². The first kappa shape index (κ1) is 19.8. The van der Waals surface area contributed by atoms with Crippen molar-refractivity contribution in [1.29, 1.82) is 0 Å². The van der Waals surface area contributed by atoms with Crippen molar-refractivity contribution >= 4 is 17.8 Å². The van der Waals surface area contributed by atoms with Crippen LogP contribution in [-0.4, -0.2) is 42.8 Å². The molecule has 0 spiro atoms. The number of carbonyl (C=O) groups excluding carboxylic acids is 2. The zero-order chi connectivity index (χ0) is 19.3. The highest BCUT2D eigenvalue weighted by Crippen LogP contribution is 2.32. The third-order valence-electron chi connectivity index (χ3n) is 3.89. The predicted octanol–water partition coefficient (Wildman–Crippen LogP) is 3.59. The van der Waals surface area contributed by atoms with Gasteiger partial charge in [0.1, 0.15) is 5.82 Å². The number of anilines is 1. The fraction of sp³-hybridized carbons (Fsp3) is 0.500. The van der Waals surface area contributed by atoms with E-state index in [-0.39, 0.29) is 18.3 Å². The van der Waals surface area contributed by atoms with Gasteiger partial charge in [0.2, 0.25) is 0 Å². The first-order valence-corrected chi connectivity index (χ1v) is 8.06.